The number of hydrogen-bond donors (Lipinski definition) is 1. The fraction of sp³-hybridized carbons (Fsp3) is 0.0526. The van der Waals surface area contributed by atoms with Crippen LogP contribution in [0, 0.1) is 0 Å². The summed E-state index contributed by atoms with van der Waals surface area (Å²) in [5.74, 6) is 0.767. The predicted octanol–water partition coefficient (Wildman–Crippen LogP) is 6.05. The highest BCUT2D eigenvalue weighted by atomic mass is 32.2. The van der Waals surface area contributed by atoms with Crippen molar-refractivity contribution in [3.63, 3.8) is 0 Å². The summed E-state index contributed by atoms with van der Waals surface area (Å²) >= 11 is 6.18. The van der Waals surface area contributed by atoms with Crippen LogP contribution in [0.15, 0.2) is 82.6 Å². The molecular weight excluding hydrogens is 306 g/mol. The van der Waals surface area contributed by atoms with Gasteiger partial charge in [0.2, 0.25) is 0 Å². The van der Waals surface area contributed by atoms with Crippen molar-refractivity contribution in [2.75, 3.05) is 4.90 Å². The molecule has 0 radical (unpaired) electrons. The molecule has 1 nitrogen and oxygen atoms in total. The van der Waals surface area contributed by atoms with E-state index in [1.807, 2.05) is 11.8 Å². The number of fused-ring (bicyclic) bond motifs is 2. The zero-order valence-corrected chi connectivity index (χ0v) is 13.6. The van der Waals surface area contributed by atoms with Crippen molar-refractivity contribution in [2.45, 2.75) is 15.5 Å². The van der Waals surface area contributed by atoms with Crippen LogP contribution in [0.2, 0.25) is 0 Å². The Kier molecular flexibility index (Phi) is 3.60. The molecule has 1 aliphatic heterocycles. The standard InChI is InChI=1S/C19H15NS2/c21-13-14-9-11-15(12-10-14)20-16-5-1-3-7-18(16)22-19-8-4-2-6-17(19)20/h1-12,21H,13H2. The van der Waals surface area contributed by atoms with Gasteiger partial charge in [-0.3, -0.25) is 0 Å². The van der Waals surface area contributed by atoms with Crippen molar-refractivity contribution in [1.29, 1.82) is 0 Å². The van der Waals surface area contributed by atoms with Gasteiger partial charge < -0.3 is 4.90 Å². The van der Waals surface area contributed by atoms with Gasteiger partial charge in [0.15, 0.2) is 0 Å². The lowest BCUT2D eigenvalue weighted by Gasteiger charge is -2.32. The molecule has 22 heavy (non-hydrogen) atoms. The maximum atomic E-state index is 4.34. The van der Waals surface area contributed by atoms with Gasteiger partial charge in [-0.05, 0) is 42.0 Å². The molecule has 0 unspecified atom stereocenters. The Morgan fingerprint density at radius 3 is 1.82 bits per heavy atom. The van der Waals surface area contributed by atoms with Gasteiger partial charge in [-0.2, -0.15) is 12.6 Å². The van der Waals surface area contributed by atoms with Crippen LogP contribution in [-0.4, -0.2) is 0 Å². The first-order valence-electron chi connectivity index (χ1n) is 7.22. The number of rotatable bonds is 2. The molecule has 0 saturated carbocycles. The average molecular weight is 321 g/mol. The number of nitrogens with zero attached hydrogens (tertiary/aromatic N) is 1. The summed E-state index contributed by atoms with van der Waals surface area (Å²) in [6, 6.07) is 25.8. The fourth-order valence-electron chi connectivity index (χ4n) is 2.73. The van der Waals surface area contributed by atoms with Crippen molar-refractivity contribution in [3.8, 4) is 0 Å². The first-order valence-corrected chi connectivity index (χ1v) is 8.67. The first-order chi connectivity index (χ1) is 10.9. The highest BCUT2D eigenvalue weighted by Crippen LogP contribution is 2.50. The molecule has 0 aromatic heterocycles. The number of para-hydroxylation sites is 2. The van der Waals surface area contributed by atoms with Gasteiger partial charge in [0.05, 0.1) is 11.4 Å². The van der Waals surface area contributed by atoms with Crippen LogP contribution in [0.5, 0.6) is 0 Å². The van der Waals surface area contributed by atoms with Crippen LogP contribution >= 0.6 is 24.4 Å². The second kappa shape index (κ2) is 5.75. The van der Waals surface area contributed by atoms with E-state index in [0.717, 1.165) is 5.75 Å². The van der Waals surface area contributed by atoms with Crippen molar-refractivity contribution in [2.24, 2.45) is 0 Å². The molecule has 4 rings (SSSR count). The Bertz CT molecular complexity index is 766. The topological polar surface area (TPSA) is 3.24 Å². The summed E-state index contributed by atoms with van der Waals surface area (Å²) in [6.45, 7) is 0. The minimum absolute atomic E-state index is 0.767. The predicted molar refractivity (Wildman–Crippen MR) is 97.9 cm³/mol. The quantitative estimate of drug-likeness (QED) is 0.448. The number of thiol groups is 1. The lowest BCUT2D eigenvalue weighted by atomic mass is 10.1. The maximum Gasteiger partial charge on any atom is 0.0601 e. The Labute approximate surface area is 140 Å². The molecule has 108 valence electrons. The van der Waals surface area contributed by atoms with E-state index < -0.39 is 0 Å². The van der Waals surface area contributed by atoms with Gasteiger partial charge in [0.1, 0.15) is 0 Å². The minimum Gasteiger partial charge on any atom is -0.308 e. The largest absolute Gasteiger partial charge is 0.308 e. The van der Waals surface area contributed by atoms with Crippen LogP contribution in [0.4, 0.5) is 17.1 Å². The normalized spacial score (nSPS) is 12.7. The molecule has 3 aromatic rings. The van der Waals surface area contributed by atoms with Crippen LogP contribution in [0.25, 0.3) is 0 Å². The van der Waals surface area contributed by atoms with E-state index in [1.54, 1.807) is 0 Å². The first kappa shape index (κ1) is 13.8. The highest BCUT2D eigenvalue weighted by Gasteiger charge is 2.23. The summed E-state index contributed by atoms with van der Waals surface area (Å²) in [5.41, 5.74) is 4.90. The average Bonchev–Trinajstić information content (AvgIpc) is 2.60. The van der Waals surface area contributed by atoms with Gasteiger partial charge in [-0.1, -0.05) is 48.2 Å². The van der Waals surface area contributed by atoms with Crippen LogP contribution in [0.3, 0.4) is 0 Å². The van der Waals surface area contributed by atoms with E-state index in [2.05, 4.69) is 90.3 Å². The van der Waals surface area contributed by atoms with Crippen LogP contribution in [0.1, 0.15) is 5.56 Å². The molecule has 0 bridgehead atoms. The highest BCUT2D eigenvalue weighted by molar-refractivity contribution is 7.99. The number of benzene rings is 3. The van der Waals surface area contributed by atoms with Gasteiger partial charge >= 0.3 is 0 Å². The fourth-order valence-corrected chi connectivity index (χ4v) is 4.00. The zero-order valence-electron chi connectivity index (χ0n) is 11.9. The Hall–Kier alpha value is -1.84. The lowest BCUT2D eigenvalue weighted by Crippen LogP contribution is -2.14. The smallest absolute Gasteiger partial charge is 0.0601 e. The molecule has 0 N–H and O–H groups in total. The molecule has 1 aliphatic rings. The molecule has 3 heteroatoms. The molecular formula is C19H15NS2. The number of hydrogen-bond acceptors (Lipinski definition) is 3. The van der Waals surface area contributed by atoms with Crippen molar-refractivity contribution < 1.29 is 0 Å². The second-order valence-corrected chi connectivity index (χ2v) is 6.60. The van der Waals surface area contributed by atoms with E-state index in [9.17, 15) is 0 Å². The summed E-state index contributed by atoms with van der Waals surface area (Å²) in [7, 11) is 0. The summed E-state index contributed by atoms with van der Waals surface area (Å²) in [4.78, 5) is 4.92. The maximum absolute atomic E-state index is 4.34. The molecule has 0 saturated heterocycles. The molecule has 0 spiro atoms. The third-order valence-corrected chi connectivity index (χ3v) is 5.30. The van der Waals surface area contributed by atoms with Gasteiger partial charge in [0, 0.05) is 21.2 Å². The third-order valence-electron chi connectivity index (χ3n) is 3.81. The molecule has 0 aliphatic carbocycles. The Morgan fingerprint density at radius 2 is 1.27 bits per heavy atom. The van der Waals surface area contributed by atoms with Crippen molar-refractivity contribution in [1.82, 2.24) is 0 Å². The summed E-state index contributed by atoms with van der Waals surface area (Å²) < 4.78 is 0. The Balaban J connectivity index is 1.90. The minimum atomic E-state index is 0.767. The van der Waals surface area contributed by atoms with E-state index >= 15 is 0 Å². The summed E-state index contributed by atoms with van der Waals surface area (Å²) in [5, 5.41) is 0. The third kappa shape index (κ3) is 2.31. The number of anilines is 3. The van der Waals surface area contributed by atoms with Gasteiger partial charge in [-0.15, -0.1) is 0 Å². The van der Waals surface area contributed by atoms with Crippen molar-refractivity contribution in [3.05, 3.63) is 78.4 Å². The second-order valence-electron chi connectivity index (χ2n) is 5.20. The van der Waals surface area contributed by atoms with E-state index in [4.69, 9.17) is 0 Å². The molecule has 0 fully saturated rings. The van der Waals surface area contributed by atoms with Crippen LogP contribution < -0.4 is 4.90 Å². The molecule has 1 heterocycles. The summed E-state index contributed by atoms with van der Waals surface area (Å²) in [6.07, 6.45) is 0. The van der Waals surface area contributed by atoms with Gasteiger partial charge in [-0.25, -0.2) is 0 Å². The van der Waals surface area contributed by atoms with Crippen molar-refractivity contribution >= 4 is 41.5 Å². The Morgan fingerprint density at radius 1 is 0.727 bits per heavy atom. The zero-order chi connectivity index (χ0) is 14.9. The monoisotopic (exact) mass is 321 g/mol. The van der Waals surface area contributed by atoms with Crippen LogP contribution in [-0.2, 0) is 5.75 Å². The van der Waals surface area contributed by atoms with E-state index in [0.29, 0.717) is 0 Å². The molecule has 0 amide bonds. The van der Waals surface area contributed by atoms with Gasteiger partial charge in [0.25, 0.3) is 0 Å². The molecule has 0 atom stereocenters. The SMILES string of the molecule is SCc1ccc(N2c3ccccc3Sc3ccccc32)cc1. The van der Waals surface area contributed by atoms with E-state index in [-0.39, 0.29) is 0 Å². The lowest BCUT2D eigenvalue weighted by molar-refractivity contribution is 1.16. The molecule has 3 aromatic carbocycles. The van der Waals surface area contributed by atoms with E-state index in [1.165, 1.54) is 32.4 Å².